The highest BCUT2D eigenvalue weighted by Gasteiger charge is 2.61. The molecule has 2 amide bonds. The topological polar surface area (TPSA) is 82.8 Å². The van der Waals surface area contributed by atoms with E-state index in [2.05, 4.69) is 51.4 Å². The van der Waals surface area contributed by atoms with Crippen LogP contribution in [0.25, 0.3) is 0 Å². The Kier molecular flexibility index (Phi) is 5.87. The molecule has 194 valence electrons. The molecule has 1 fully saturated rings. The molecule has 7 heteroatoms. The monoisotopic (exact) mass is 587 g/mol. The predicted octanol–water partition coefficient (Wildman–Crippen LogP) is 6.13. The van der Waals surface area contributed by atoms with Gasteiger partial charge in [-0.15, -0.1) is 0 Å². The van der Waals surface area contributed by atoms with E-state index in [1.165, 1.54) is 6.21 Å². The second-order valence-electron chi connectivity index (χ2n) is 10.2. The van der Waals surface area contributed by atoms with Gasteiger partial charge in [-0.2, -0.15) is 15.4 Å². The van der Waals surface area contributed by atoms with Gasteiger partial charge < -0.3 is 4.74 Å². The van der Waals surface area contributed by atoms with Crippen molar-refractivity contribution in [2.45, 2.75) is 18.4 Å². The smallest absolute Gasteiger partial charge is 0.254 e. The number of ether oxygens (including phenoxy) is 1. The fourth-order valence-corrected chi connectivity index (χ4v) is 7.04. The van der Waals surface area contributed by atoms with Gasteiger partial charge in [0, 0.05) is 17.4 Å². The number of hydrazone groups is 1. The van der Waals surface area contributed by atoms with Crippen molar-refractivity contribution < 1.29 is 14.3 Å². The molecule has 2 atom stereocenters. The molecule has 3 aliphatic carbocycles. The third-order valence-electron chi connectivity index (χ3n) is 8.22. The van der Waals surface area contributed by atoms with Crippen molar-refractivity contribution in [3.8, 4) is 11.8 Å². The summed E-state index contributed by atoms with van der Waals surface area (Å²) in [7, 11) is 0. The SMILES string of the molecule is N#Cc1ccccc1COc1ccc(/C=N\N2C(=O)[C@@H]3C4c5ccccc5C(c5ccccc54)[C@@H]3C2=O)cc1Br. The maximum absolute atomic E-state index is 13.7. The Labute approximate surface area is 239 Å². The summed E-state index contributed by atoms with van der Waals surface area (Å²) in [5.74, 6) is -1.12. The number of amides is 2. The molecule has 2 bridgehead atoms. The van der Waals surface area contributed by atoms with Crippen LogP contribution in [0, 0.1) is 23.2 Å². The number of imide groups is 1. The zero-order chi connectivity index (χ0) is 27.4. The lowest BCUT2D eigenvalue weighted by molar-refractivity contribution is -0.139. The number of carbonyl (C=O) groups excluding carboxylic acids is 2. The minimum atomic E-state index is -0.460. The molecule has 0 saturated carbocycles. The summed E-state index contributed by atoms with van der Waals surface area (Å²) in [5, 5.41) is 14.8. The summed E-state index contributed by atoms with van der Waals surface area (Å²) in [5.41, 5.74) is 6.62. The summed E-state index contributed by atoms with van der Waals surface area (Å²) in [6, 6.07) is 31.3. The van der Waals surface area contributed by atoms with E-state index < -0.39 is 11.8 Å². The first-order chi connectivity index (χ1) is 19.6. The van der Waals surface area contributed by atoms with E-state index in [9.17, 15) is 14.9 Å². The van der Waals surface area contributed by atoms with Crippen molar-refractivity contribution in [3.05, 3.63) is 134 Å². The lowest BCUT2D eigenvalue weighted by Crippen LogP contribution is -2.41. The second-order valence-corrected chi connectivity index (χ2v) is 11.1. The molecule has 4 aliphatic rings. The van der Waals surface area contributed by atoms with E-state index in [0.29, 0.717) is 21.3 Å². The van der Waals surface area contributed by atoms with Gasteiger partial charge in [-0.25, -0.2) is 0 Å². The van der Waals surface area contributed by atoms with Crippen LogP contribution in [0.5, 0.6) is 5.75 Å². The van der Waals surface area contributed by atoms with Gasteiger partial charge in [0.25, 0.3) is 11.8 Å². The first-order valence-electron chi connectivity index (χ1n) is 13.1. The molecule has 4 aromatic rings. The average Bonchev–Trinajstić information content (AvgIpc) is 3.25. The van der Waals surface area contributed by atoms with E-state index in [0.717, 1.165) is 32.8 Å². The zero-order valence-electron chi connectivity index (χ0n) is 21.2. The maximum Gasteiger partial charge on any atom is 0.254 e. The molecule has 1 heterocycles. The van der Waals surface area contributed by atoms with Crippen LogP contribution in [0.2, 0.25) is 0 Å². The number of nitriles is 1. The molecule has 40 heavy (non-hydrogen) atoms. The summed E-state index contributed by atoms with van der Waals surface area (Å²) in [6.45, 7) is 0.252. The summed E-state index contributed by atoms with van der Waals surface area (Å²) in [4.78, 5) is 27.4. The van der Waals surface area contributed by atoms with Crippen molar-refractivity contribution in [2.75, 3.05) is 0 Å². The minimum Gasteiger partial charge on any atom is -0.488 e. The average molecular weight is 588 g/mol. The Bertz CT molecular complexity index is 1660. The van der Waals surface area contributed by atoms with E-state index in [4.69, 9.17) is 4.74 Å². The van der Waals surface area contributed by atoms with Crippen LogP contribution in [-0.4, -0.2) is 23.0 Å². The standard InChI is InChI=1S/C33H22BrN3O3/c34-26-15-19(13-14-27(26)40-18-21-8-2-1-7-20(21)16-35)17-36-37-32(38)30-28-22-9-3-4-10-23(22)29(31(30)33(37)39)25-12-6-5-11-24(25)28/h1-15,17,28-31H,18H2/b36-17-/t28?,29?,30-,31+. The third kappa shape index (κ3) is 3.71. The van der Waals surface area contributed by atoms with Gasteiger partial charge in [0.05, 0.1) is 34.2 Å². The lowest BCUT2D eigenvalue weighted by atomic mass is 9.55. The van der Waals surface area contributed by atoms with Gasteiger partial charge in [0.15, 0.2) is 0 Å². The highest BCUT2D eigenvalue weighted by molar-refractivity contribution is 9.10. The minimum absolute atomic E-state index is 0.157. The largest absolute Gasteiger partial charge is 0.488 e. The highest BCUT2D eigenvalue weighted by atomic mass is 79.9. The number of hydrogen-bond donors (Lipinski definition) is 0. The Morgan fingerprint density at radius 3 is 1.93 bits per heavy atom. The summed E-state index contributed by atoms with van der Waals surface area (Å²) < 4.78 is 6.62. The Hall–Kier alpha value is -4.54. The third-order valence-corrected chi connectivity index (χ3v) is 8.84. The van der Waals surface area contributed by atoms with Crippen LogP contribution in [0.1, 0.15) is 50.8 Å². The van der Waals surface area contributed by atoms with E-state index >= 15 is 0 Å². The highest BCUT2D eigenvalue weighted by Crippen LogP contribution is 2.60. The van der Waals surface area contributed by atoms with Gasteiger partial charge in [-0.05, 0) is 68.0 Å². The van der Waals surface area contributed by atoms with Gasteiger partial charge in [0.1, 0.15) is 12.4 Å². The Morgan fingerprint density at radius 1 is 0.825 bits per heavy atom. The fraction of sp³-hybridized carbons (Fsp3) is 0.152. The molecule has 0 aromatic heterocycles. The first kappa shape index (κ1) is 24.5. The van der Waals surface area contributed by atoms with E-state index in [1.54, 1.807) is 12.1 Å². The van der Waals surface area contributed by atoms with Crippen molar-refractivity contribution >= 4 is 34.0 Å². The summed E-state index contributed by atoms with van der Waals surface area (Å²) in [6.07, 6.45) is 1.54. The van der Waals surface area contributed by atoms with Crippen molar-refractivity contribution in [2.24, 2.45) is 16.9 Å². The lowest BCUT2D eigenvalue weighted by Gasteiger charge is -2.45. The molecule has 0 N–H and O–H groups in total. The van der Waals surface area contributed by atoms with Crippen LogP contribution < -0.4 is 4.74 Å². The van der Waals surface area contributed by atoms with Crippen LogP contribution in [0.15, 0.2) is 101 Å². The van der Waals surface area contributed by atoms with Crippen LogP contribution in [-0.2, 0) is 16.2 Å². The van der Waals surface area contributed by atoms with Crippen molar-refractivity contribution in [1.29, 1.82) is 5.26 Å². The van der Waals surface area contributed by atoms with Crippen molar-refractivity contribution in [1.82, 2.24) is 5.01 Å². The maximum atomic E-state index is 13.7. The van der Waals surface area contributed by atoms with Crippen LogP contribution >= 0.6 is 15.9 Å². The second kappa shape index (κ2) is 9.58. The Morgan fingerprint density at radius 2 is 1.38 bits per heavy atom. The number of carbonyl (C=O) groups is 2. The van der Waals surface area contributed by atoms with Gasteiger partial charge in [-0.3, -0.25) is 9.59 Å². The van der Waals surface area contributed by atoms with Crippen LogP contribution in [0.3, 0.4) is 0 Å². The molecule has 0 radical (unpaired) electrons. The first-order valence-corrected chi connectivity index (χ1v) is 13.9. The van der Waals surface area contributed by atoms with Gasteiger partial charge in [-0.1, -0.05) is 66.7 Å². The number of halogens is 1. The predicted molar refractivity (Wildman–Crippen MR) is 153 cm³/mol. The molecule has 1 aliphatic heterocycles. The molecule has 6 nitrogen and oxygen atoms in total. The molecule has 0 spiro atoms. The number of hydrogen-bond acceptors (Lipinski definition) is 5. The molecule has 8 rings (SSSR count). The normalized spacial score (nSPS) is 22.1. The number of benzene rings is 4. The van der Waals surface area contributed by atoms with Gasteiger partial charge >= 0.3 is 0 Å². The molecule has 1 saturated heterocycles. The van der Waals surface area contributed by atoms with E-state index in [-0.39, 0.29) is 30.3 Å². The molecule has 4 aromatic carbocycles. The summed E-state index contributed by atoms with van der Waals surface area (Å²) >= 11 is 3.54. The fourth-order valence-electron chi connectivity index (χ4n) is 6.52. The molecule has 0 unspecified atom stereocenters. The Balaban J connectivity index is 1.14. The van der Waals surface area contributed by atoms with E-state index in [1.807, 2.05) is 54.6 Å². The molecular formula is C33H22BrN3O3. The van der Waals surface area contributed by atoms with Crippen LogP contribution in [0.4, 0.5) is 0 Å². The van der Waals surface area contributed by atoms with Gasteiger partial charge in [0.2, 0.25) is 0 Å². The quantitative estimate of drug-likeness (QED) is 0.208. The zero-order valence-corrected chi connectivity index (χ0v) is 22.8. The van der Waals surface area contributed by atoms with Crippen molar-refractivity contribution in [3.63, 3.8) is 0 Å². The molecular weight excluding hydrogens is 566 g/mol. The number of rotatable bonds is 5. The number of nitrogens with zero attached hydrogens (tertiary/aromatic N) is 3.